The van der Waals surface area contributed by atoms with Crippen LogP contribution in [0.15, 0.2) is 40.7 Å². The SMILES string of the molecule is COC(=O)CN1C(=O)/C(=C/C=C/c2ccco2)N(C)C1=S. The summed E-state index contributed by atoms with van der Waals surface area (Å²) in [6.45, 7) is -0.197. The van der Waals surface area contributed by atoms with Crippen molar-refractivity contribution >= 4 is 35.3 Å². The van der Waals surface area contributed by atoms with E-state index in [1.165, 1.54) is 12.0 Å². The van der Waals surface area contributed by atoms with E-state index in [0.29, 0.717) is 11.5 Å². The number of hydrogen-bond acceptors (Lipinski definition) is 5. The summed E-state index contributed by atoms with van der Waals surface area (Å²) in [7, 11) is 2.93. The number of hydrogen-bond donors (Lipinski definition) is 0. The first-order chi connectivity index (χ1) is 10.0. The van der Waals surface area contributed by atoms with E-state index >= 15 is 0 Å². The van der Waals surface area contributed by atoms with E-state index in [1.54, 1.807) is 48.6 Å². The van der Waals surface area contributed by atoms with Crippen LogP contribution in [-0.4, -0.2) is 47.5 Å². The predicted octanol–water partition coefficient (Wildman–Crippen LogP) is 1.41. The number of carbonyl (C=O) groups is 2. The highest BCUT2D eigenvalue weighted by Crippen LogP contribution is 2.19. The number of amides is 1. The highest BCUT2D eigenvalue weighted by atomic mass is 32.1. The van der Waals surface area contributed by atoms with Crippen LogP contribution in [0.2, 0.25) is 0 Å². The molecule has 21 heavy (non-hydrogen) atoms. The smallest absolute Gasteiger partial charge is 0.325 e. The number of furan rings is 1. The fourth-order valence-electron chi connectivity index (χ4n) is 1.79. The molecule has 1 aromatic heterocycles. The molecule has 0 unspecified atom stereocenters. The average molecular weight is 306 g/mol. The van der Waals surface area contributed by atoms with Gasteiger partial charge in [-0.3, -0.25) is 14.5 Å². The molecule has 0 spiro atoms. The van der Waals surface area contributed by atoms with Crippen LogP contribution in [0.3, 0.4) is 0 Å². The highest BCUT2D eigenvalue weighted by molar-refractivity contribution is 7.80. The summed E-state index contributed by atoms with van der Waals surface area (Å²) in [5.74, 6) is -0.183. The fourth-order valence-corrected chi connectivity index (χ4v) is 2.03. The van der Waals surface area contributed by atoms with Crippen LogP contribution < -0.4 is 0 Å². The summed E-state index contributed by atoms with van der Waals surface area (Å²) >= 11 is 5.15. The van der Waals surface area contributed by atoms with Crippen molar-refractivity contribution in [3.8, 4) is 0 Å². The Balaban J connectivity index is 2.15. The number of likely N-dealkylation sites (N-methyl/N-ethyl adjacent to an activating group) is 1. The molecule has 0 aromatic carbocycles. The minimum absolute atomic E-state index is 0.197. The van der Waals surface area contributed by atoms with E-state index in [0.717, 1.165) is 0 Å². The lowest BCUT2D eigenvalue weighted by Crippen LogP contribution is -2.36. The molecule has 0 saturated carbocycles. The lowest BCUT2D eigenvalue weighted by atomic mass is 10.3. The van der Waals surface area contributed by atoms with Gasteiger partial charge in [0.05, 0.1) is 13.4 Å². The van der Waals surface area contributed by atoms with Crippen LogP contribution in [0.5, 0.6) is 0 Å². The van der Waals surface area contributed by atoms with E-state index in [9.17, 15) is 9.59 Å². The molecule has 6 nitrogen and oxygen atoms in total. The lowest BCUT2D eigenvalue weighted by Gasteiger charge is -2.14. The Kier molecular flexibility index (Phi) is 4.54. The molecule has 1 aliphatic rings. The zero-order valence-corrected chi connectivity index (χ0v) is 12.4. The van der Waals surface area contributed by atoms with Gasteiger partial charge in [-0.2, -0.15) is 0 Å². The fraction of sp³-hybridized carbons (Fsp3) is 0.214. The first-order valence-corrected chi connectivity index (χ1v) is 6.53. The number of allylic oxidation sites excluding steroid dienone is 2. The second kappa shape index (κ2) is 6.36. The van der Waals surface area contributed by atoms with Crippen LogP contribution in [0, 0.1) is 0 Å². The van der Waals surface area contributed by atoms with Crippen molar-refractivity contribution in [3.63, 3.8) is 0 Å². The summed E-state index contributed by atoms with van der Waals surface area (Å²) < 4.78 is 9.70. The van der Waals surface area contributed by atoms with Crippen molar-refractivity contribution in [3.05, 3.63) is 42.0 Å². The number of rotatable bonds is 4. The van der Waals surface area contributed by atoms with Crippen molar-refractivity contribution in [1.29, 1.82) is 0 Å². The van der Waals surface area contributed by atoms with Crippen LogP contribution in [0.4, 0.5) is 0 Å². The number of ether oxygens (including phenoxy) is 1. The van der Waals surface area contributed by atoms with Crippen molar-refractivity contribution in [2.45, 2.75) is 0 Å². The monoisotopic (exact) mass is 306 g/mol. The van der Waals surface area contributed by atoms with Gasteiger partial charge in [0.25, 0.3) is 5.91 Å². The van der Waals surface area contributed by atoms with Gasteiger partial charge in [0.1, 0.15) is 18.0 Å². The summed E-state index contributed by atoms with van der Waals surface area (Å²) in [5.41, 5.74) is 0.381. The third kappa shape index (κ3) is 3.19. The topological polar surface area (TPSA) is 63.0 Å². The number of methoxy groups -OCH3 is 1. The van der Waals surface area contributed by atoms with Crippen molar-refractivity contribution in [1.82, 2.24) is 9.80 Å². The summed E-state index contributed by atoms with van der Waals surface area (Å²) in [6.07, 6.45) is 6.59. The van der Waals surface area contributed by atoms with Gasteiger partial charge in [0.15, 0.2) is 5.11 Å². The van der Waals surface area contributed by atoms with Crippen LogP contribution in [0.1, 0.15) is 5.76 Å². The van der Waals surface area contributed by atoms with E-state index in [4.69, 9.17) is 16.6 Å². The van der Waals surface area contributed by atoms with Gasteiger partial charge >= 0.3 is 5.97 Å². The Hall–Kier alpha value is -2.41. The Morgan fingerprint density at radius 3 is 2.90 bits per heavy atom. The van der Waals surface area contributed by atoms with Crippen LogP contribution >= 0.6 is 12.2 Å². The van der Waals surface area contributed by atoms with Crippen LogP contribution in [-0.2, 0) is 14.3 Å². The van der Waals surface area contributed by atoms with Crippen molar-refractivity contribution < 1.29 is 18.7 Å². The average Bonchev–Trinajstić information content (AvgIpc) is 3.05. The Morgan fingerprint density at radius 2 is 2.29 bits per heavy atom. The maximum absolute atomic E-state index is 12.2. The lowest BCUT2D eigenvalue weighted by molar-refractivity contribution is -0.143. The number of esters is 1. The second-order valence-electron chi connectivity index (χ2n) is 4.24. The number of thiocarbonyl (C=S) groups is 1. The standard InChI is InChI=1S/C14H14N2O4S/c1-15-11(7-3-5-10-6-4-8-20-10)13(18)16(14(15)21)9-12(17)19-2/h3-8H,9H2,1-2H3/b5-3+,11-7-. The molecule has 2 rings (SSSR count). The molecular weight excluding hydrogens is 292 g/mol. The highest BCUT2D eigenvalue weighted by Gasteiger charge is 2.36. The first-order valence-electron chi connectivity index (χ1n) is 6.13. The Morgan fingerprint density at radius 1 is 1.52 bits per heavy atom. The molecule has 0 bridgehead atoms. The summed E-state index contributed by atoms with van der Waals surface area (Å²) in [5, 5.41) is 0.267. The maximum atomic E-state index is 12.2. The number of carbonyl (C=O) groups excluding carboxylic acids is 2. The predicted molar refractivity (Wildman–Crippen MR) is 79.9 cm³/mol. The normalized spacial score (nSPS) is 17.3. The van der Waals surface area contributed by atoms with E-state index in [1.807, 2.05) is 0 Å². The van der Waals surface area contributed by atoms with E-state index < -0.39 is 5.97 Å². The van der Waals surface area contributed by atoms with Gasteiger partial charge in [0.2, 0.25) is 0 Å². The summed E-state index contributed by atoms with van der Waals surface area (Å²) in [6, 6.07) is 3.57. The van der Waals surface area contributed by atoms with Gasteiger partial charge in [-0.05, 0) is 36.5 Å². The summed E-state index contributed by atoms with van der Waals surface area (Å²) in [4.78, 5) is 26.3. The molecule has 2 heterocycles. The quantitative estimate of drug-likeness (QED) is 0.476. The van der Waals surface area contributed by atoms with Gasteiger partial charge in [0, 0.05) is 7.05 Å². The molecule has 0 radical (unpaired) electrons. The first kappa shape index (κ1) is 15.0. The molecule has 0 atom stereocenters. The van der Waals surface area contributed by atoms with Gasteiger partial charge in [-0.1, -0.05) is 6.08 Å². The second-order valence-corrected chi connectivity index (χ2v) is 4.60. The molecule has 0 N–H and O–H groups in total. The van der Waals surface area contributed by atoms with E-state index in [2.05, 4.69) is 4.74 Å². The van der Waals surface area contributed by atoms with E-state index in [-0.39, 0.29) is 17.6 Å². The zero-order chi connectivity index (χ0) is 15.4. The van der Waals surface area contributed by atoms with Gasteiger partial charge in [-0.25, -0.2) is 0 Å². The minimum Gasteiger partial charge on any atom is -0.468 e. The largest absolute Gasteiger partial charge is 0.468 e. The zero-order valence-electron chi connectivity index (χ0n) is 11.6. The molecule has 0 aliphatic carbocycles. The molecule has 1 amide bonds. The Bertz CT molecular complexity index is 619. The molecule has 110 valence electrons. The van der Waals surface area contributed by atoms with Crippen LogP contribution in [0.25, 0.3) is 6.08 Å². The Labute approximate surface area is 127 Å². The maximum Gasteiger partial charge on any atom is 0.325 e. The molecule has 7 heteroatoms. The third-order valence-corrected chi connectivity index (χ3v) is 3.41. The van der Waals surface area contributed by atoms with Crippen molar-refractivity contribution in [2.75, 3.05) is 20.7 Å². The molecule has 1 aliphatic heterocycles. The molecule has 1 saturated heterocycles. The minimum atomic E-state index is -0.522. The molecule has 1 fully saturated rings. The third-order valence-electron chi connectivity index (χ3n) is 2.92. The van der Waals surface area contributed by atoms with Crippen molar-refractivity contribution in [2.24, 2.45) is 0 Å². The number of nitrogens with zero attached hydrogens (tertiary/aromatic N) is 2. The van der Waals surface area contributed by atoms with Gasteiger partial charge in [-0.15, -0.1) is 0 Å². The molecule has 1 aromatic rings. The molecular formula is C14H14N2O4S. The van der Waals surface area contributed by atoms with Gasteiger partial charge < -0.3 is 14.1 Å².